The van der Waals surface area contributed by atoms with Crippen LogP contribution in [-0.2, 0) is 16.6 Å². The molecule has 7 nitrogen and oxygen atoms in total. The number of aliphatic imine (C=N–C) groups is 1. The number of benzene rings is 1. The fourth-order valence-electron chi connectivity index (χ4n) is 3.86. The summed E-state index contributed by atoms with van der Waals surface area (Å²) in [5.41, 5.74) is 1.17. The molecule has 30 heavy (non-hydrogen) atoms. The Balaban J connectivity index is 0.00000256. The van der Waals surface area contributed by atoms with Gasteiger partial charge in [-0.05, 0) is 49.6 Å². The van der Waals surface area contributed by atoms with Crippen LogP contribution >= 0.6 is 24.0 Å². The van der Waals surface area contributed by atoms with Crippen LogP contribution in [0.2, 0.25) is 0 Å². The van der Waals surface area contributed by atoms with Gasteiger partial charge in [-0.15, -0.1) is 24.0 Å². The van der Waals surface area contributed by atoms with Crippen LogP contribution in [0.1, 0.15) is 31.1 Å². The molecular weight excluding hydrogens is 497 g/mol. The zero-order valence-corrected chi connectivity index (χ0v) is 19.6. The summed E-state index contributed by atoms with van der Waals surface area (Å²) in [5.74, 6) is 3.42. The Bertz CT molecular complexity index is 820. The standard InChI is InChI=1S/C22H29N3O4.HI/c1-2-23-21(24-10-7-18-4-3-11-27-18)25-15-22(8-12-26-13-9-22)17-5-6-19-20(14-17)29-16-28-19;/h3-6,11,14H,2,7-10,12-13,15-16H2,1H3,(H2,23,24,25);1H. The van der Waals surface area contributed by atoms with E-state index in [2.05, 4.69) is 29.7 Å². The van der Waals surface area contributed by atoms with Crippen LogP contribution < -0.4 is 20.1 Å². The molecule has 1 fully saturated rings. The van der Waals surface area contributed by atoms with Crippen molar-refractivity contribution >= 4 is 29.9 Å². The number of hydrogen-bond donors (Lipinski definition) is 2. The molecule has 0 amide bonds. The lowest BCUT2D eigenvalue weighted by atomic mass is 9.74. The van der Waals surface area contributed by atoms with Crippen LogP contribution in [0.25, 0.3) is 0 Å². The van der Waals surface area contributed by atoms with E-state index < -0.39 is 0 Å². The van der Waals surface area contributed by atoms with Crippen molar-refractivity contribution in [1.29, 1.82) is 0 Å². The molecule has 0 spiro atoms. The maximum atomic E-state index is 5.65. The molecule has 2 aliphatic rings. The molecule has 4 rings (SSSR count). The number of fused-ring (bicyclic) bond motifs is 1. The molecule has 2 aliphatic heterocycles. The number of nitrogens with one attached hydrogen (secondary N) is 2. The van der Waals surface area contributed by atoms with Gasteiger partial charge in [-0.2, -0.15) is 0 Å². The third-order valence-electron chi connectivity index (χ3n) is 5.56. The van der Waals surface area contributed by atoms with Crippen molar-refractivity contribution in [2.75, 3.05) is 39.6 Å². The van der Waals surface area contributed by atoms with Gasteiger partial charge in [-0.1, -0.05) is 6.07 Å². The Morgan fingerprint density at radius 3 is 2.70 bits per heavy atom. The molecule has 3 heterocycles. The van der Waals surface area contributed by atoms with Crippen LogP contribution in [0.15, 0.2) is 46.0 Å². The van der Waals surface area contributed by atoms with E-state index in [1.807, 2.05) is 18.2 Å². The minimum absolute atomic E-state index is 0. The van der Waals surface area contributed by atoms with Crippen molar-refractivity contribution in [2.24, 2.45) is 4.99 Å². The quantitative estimate of drug-likeness (QED) is 0.327. The molecule has 2 aromatic rings. The molecule has 0 atom stereocenters. The van der Waals surface area contributed by atoms with Crippen LogP contribution in [-0.4, -0.2) is 45.6 Å². The first kappa shape index (κ1) is 22.7. The van der Waals surface area contributed by atoms with Crippen LogP contribution in [0.5, 0.6) is 11.5 Å². The highest BCUT2D eigenvalue weighted by Crippen LogP contribution is 2.41. The average molecular weight is 527 g/mol. The predicted molar refractivity (Wildman–Crippen MR) is 126 cm³/mol. The molecule has 2 N–H and O–H groups in total. The molecule has 164 valence electrons. The molecule has 0 saturated carbocycles. The van der Waals surface area contributed by atoms with Gasteiger partial charge in [0.25, 0.3) is 0 Å². The lowest BCUT2D eigenvalue weighted by Gasteiger charge is -2.36. The minimum atomic E-state index is -0.0669. The number of furan rings is 1. The lowest BCUT2D eigenvalue weighted by molar-refractivity contribution is 0.0530. The summed E-state index contributed by atoms with van der Waals surface area (Å²) >= 11 is 0. The Morgan fingerprint density at radius 1 is 1.10 bits per heavy atom. The molecule has 1 aromatic carbocycles. The largest absolute Gasteiger partial charge is 0.469 e. The van der Waals surface area contributed by atoms with Gasteiger partial charge < -0.3 is 29.3 Å². The number of ether oxygens (including phenoxy) is 3. The maximum absolute atomic E-state index is 5.65. The van der Waals surface area contributed by atoms with Crippen molar-refractivity contribution in [3.8, 4) is 11.5 Å². The van der Waals surface area contributed by atoms with Gasteiger partial charge in [0.2, 0.25) is 6.79 Å². The van der Waals surface area contributed by atoms with E-state index in [0.717, 1.165) is 68.8 Å². The SMILES string of the molecule is CCNC(=NCC1(c2ccc3c(c2)OCO3)CCOCC1)NCCc1ccco1.I. The first-order chi connectivity index (χ1) is 14.3. The van der Waals surface area contributed by atoms with Gasteiger partial charge >= 0.3 is 0 Å². The monoisotopic (exact) mass is 527 g/mol. The number of halogens is 1. The van der Waals surface area contributed by atoms with Crippen molar-refractivity contribution in [3.05, 3.63) is 47.9 Å². The van der Waals surface area contributed by atoms with E-state index in [4.69, 9.17) is 23.6 Å². The molecule has 0 aliphatic carbocycles. The molecule has 1 aromatic heterocycles. The van der Waals surface area contributed by atoms with E-state index in [0.29, 0.717) is 6.54 Å². The zero-order chi connectivity index (χ0) is 19.9. The molecule has 8 heteroatoms. The smallest absolute Gasteiger partial charge is 0.231 e. The Morgan fingerprint density at radius 2 is 1.93 bits per heavy atom. The first-order valence-corrected chi connectivity index (χ1v) is 10.3. The van der Waals surface area contributed by atoms with E-state index >= 15 is 0 Å². The number of nitrogens with zero attached hydrogens (tertiary/aromatic N) is 1. The van der Waals surface area contributed by atoms with Gasteiger partial charge in [-0.25, -0.2) is 0 Å². The van der Waals surface area contributed by atoms with E-state index in [-0.39, 0.29) is 36.2 Å². The second kappa shape index (κ2) is 10.9. The van der Waals surface area contributed by atoms with E-state index in [1.165, 1.54) is 5.56 Å². The summed E-state index contributed by atoms with van der Waals surface area (Å²) in [4.78, 5) is 4.93. The fraction of sp³-hybridized carbons (Fsp3) is 0.500. The maximum Gasteiger partial charge on any atom is 0.231 e. The van der Waals surface area contributed by atoms with Crippen LogP contribution in [0.4, 0.5) is 0 Å². The number of hydrogen-bond acceptors (Lipinski definition) is 5. The summed E-state index contributed by atoms with van der Waals surface area (Å²) < 4.78 is 22.1. The molecule has 0 radical (unpaired) electrons. The predicted octanol–water partition coefficient (Wildman–Crippen LogP) is 3.47. The topological polar surface area (TPSA) is 77.3 Å². The van der Waals surface area contributed by atoms with E-state index in [1.54, 1.807) is 6.26 Å². The van der Waals surface area contributed by atoms with Gasteiger partial charge in [0.05, 0.1) is 12.8 Å². The van der Waals surface area contributed by atoms with Gasteiger partial charge in [0, 0.05) is 38.1 Å². The molecular formula is C22H30IN3O4. The zero-order valence-electron chi connectivity index (χ0n) is 17.3. The van der Waals surface area contributed by atoms with Crippen molar-refractivity contribution in [1.82, 2.24) is 10.6 Å². The molecule has 0 unspecified atom stereocenters. The van der Waals surface area contributed by atoms with Crippen molar-refractivity contribution in [2.45, 2.75) is 31.6 Å². The highest BCUT2D eigenvalue weighted by Gasteiger charge is 2.35. The first-order valence-electron chi connectivity index (χ1n) is 10.3. The Labute approximate surface area is 194 Å². The van der Waals surface area contributed by atoms with Crippen LogP contribution in [0.3, 0.4) is 0 Å². The third-order valence-corrected chi connectivity index (χ3v) is 5.56. The highest BCUT2D eigenvalue weighted by atomic mass is 127. The highest BCUT2D eigenvalue weighted by molar-refractivity contribution is 14.0. The van der Waals surface area contributed by atoms with Crippen LogP contribution in [0, 0.1) is 0 Å². The van der Waals surface area contributed by atoms with Gasteiger partial charge in [0.1, 0.15) is 5.76 Å². The second-order valence-corrected chi connectivity index (χ2v) is 7.41. The fourth-order valence-corrected chi connectivity index (χ4v) is 3.86. The third kappa shape index (κ3) is 5.40. The summed E-state index contributed by atoms with van der Waals surface area (Å²) in [6.45, 7) is 6.11. The van der Waals surface area contributed by atoms with Crippen molar-refractivity contribution < 1.29 is 18.6 Å². The lowest BCUT2D eigenvalue weighted by Crippen LogP contribution is -2.41. The molecule has 0 bridgehead atoms. The Hall–Kier alpha value is -1.94. The summed E-state index contributed by atoms with van der Waals surface area (Å²) in [5, 5.41) is 6.76. The summed E-state index contributed by atoms with van der Waals surface area (Å²) in [6, 6.07) is 10.2. The van der Waals surface area contributed by atoms with E-state index in [9.17, 15) is 0 Å². The van der Waals surface area contributed by atoms with Gasteiger partial charge in [-0.3, -0.25) is 4.99 Å². The molecule has 1 saturated heterocycles. The van der Waals surface area contributed by atoms with Gasteiger partial charge in [0.15, 0.2) is 17.5 Å². The number of guanidine groups is 1. The van der Waals surface area contributed by atoms with Crippen molar-refractivity contribution in [3.63, 3.8) is 0 Å². The number of rotatable bonds is 7. The normalized spacial score (nSPS) is 17.3. The summed E-state index contributed by atoms with van der Waals surface area (Å²) in [6.07, 6.45) is 4.39. The minimum Gasteiger partial charge on any atom is -0.469 e. The Kier molecular flexibility index (Phi) is 8.26. The average Bonchev–Trinajstić information content (AvgIpc) is 3.44. The summed E-state index contributed by atoms with van der Waals surface area (Å²) in [7, 11) is 0. The second-order valence-electron chi connectivity index (χ2n) is 7.41.